The molecule has 1 heterocycles. The van der Waals surface area contributed by atoms with Crippen LogP contribution in [0.3, 0.4) is 0 Å². The quantitative estimate of drug-likeness (QED) is 0.720. The van der Waals surface area contributed by atoms with Crippen molar-refractivity contribution in [1.82, 2.24) is 4.90 Å². The Bertz CT molecular complexity index is 527. The summed E-state index contributed by atoms with van der Waals surface area (Å²) in [7, 11) is 1.66. The zero-order valence-electron chi connectivity index (χ0n) is 11.2. The summed E-state index contributed by atoms with van der Waals surface area (Å²) < 4.78 is 0. The average molecular weight is 261 g/mol. The van der Waals surface area contributed by atoms with E-state index in [1.807, 2.05) is 12.1 Å². The fraction of sp³-hybridized carbons (Fsp3) is 0.429. The average Bonchev–Trinajstić information content (AvgIpc) is 2.50. The first-order valence-electron chi connectivity index (χ1n) is 6.31. The minimum absolute atomic E-state index is 0.389. The largest absolute Gasteiger partial charge is 0.343 e. The summed E-state index contributed by atoms with van der Waals surface area (Å²) in [4.78, 5) is 26.4. The molecule has 0 fully saturated rings. The van der Waals surface area contributed by atoms with Gasteiger partial charge in [-0.15, -0.1) is 0 Å². The van der Waals surface area contributed by atoms with Crippen molar-refractivity contribution >= 4 is 11.7 Å². The van der Waals surface area contributed by atoms with Crippen LogP contribution in [0.2, 0.25) is 0 Å². The predicted octanol–water partition coefficient (Wildman–Crippen LogP) is -0.229. The third-order valence-corrected chi connectivity index (χ3v) is 3.65. The van der Waals surface area contributed by atoms with Gasteiger partial charge in [-0.2, -0.15) is 0 Å². The van der Waals surface area contributed by atoms with Crippen molar-refractivity contribution in [1.29, 1.82) is 0 Å². The number of fused-ring (bicyclic) bond motifs is 1. The highest BCUT2D eigenvalue weighted by Crippen LogP contribution is 2.29. The Morgan fingerprint density at radius 1 is 1.42 bits per heavy atom. The molecular formula is C14H19N3O2. The van der Waals surface area contributed by atoms with Crippen molar-refractivity contribution in [3.63, 3.8) is 0 Å². The van der Waals surface area contributed by atoms with Crippen LogP contribution in [0, 0.1) is 0 Å². The second-order valence-corrected chi connectivity index (χ2v) is 5.09. The smallest absolute Gasteiger partial charge is 0.254 e. The normalized spacial score (nSPS) is 24.6. The number of hydrogen-bond donors (Lipinski definition) is 2. The van der Waals surface area contributed by atoms with Gasteiger partial charge in [-0.3, -0.25) is 9.59 Å². The van der Waals surface area contributed by atoms with Gasteiger partial charge in [0.2, 0.25) is 0 Å². The molecule has 1 aliphatic rings. The molecule has 0 aliphatic carbocycles. The third kappa shape index (κ3) is 2.05. The first-order chi connectivity index (χ1) is 8.89. The van der Waals surface area contributed by atoms with Crippen LogP contribution in [0.25, 0.3) is 0 Å². The summed E-state index contributed by atoms with van der Waals surface area (Å²) in [6, 6.07) is 6.53. The Labute approximate surface area is 112 Å². The highest BCUT2D eigenvalue weighted by atomic mass is 16.2. The molecule has 4 N–H and O–H groups in total. The van der Waals surface area contributed by atoms with Crippen LogP contribution < -0.4 is 11.5 Å². The van der Waals surface area contributed by atoms with E-state index in [1.54, 1.807) is 26.1 Å². The minimum Gasteiger partial charge on any atom is -0.343 e. The fourth-order valence-electron chi connectivity index (χ4n) is 2.53. The summed E-state index contributed by atoms with van der Waals surface area (Å²) in [5.74, 6) is -0.835. The number of rotatable bonds is 2. The molecule has 1 aliphatic heterocycles. The minimum atomic E-state index is -1.67. The van der Waals surface area contributed by atoms with E-state index in [-0.39, 0.29) is 5.91 Å². The van der Waals surface area contributed by atoms with Crippen LogP contribution in [-0.2, 0) is 21.5 Å². The maximum absolute atomic E-state index is 12.5. The lowest BCUT2D eigenvalue weighted by atomic mass is 9.81. The van der Waals surface area contributed by atoms with E-state index in [0.717, 1.165) is 5.56 Å². The lowest BCUT2D eigenvalue weighted by Gasteiger charge is -2.31. The van der Waals surface area contributed by atoms with Crippen LogP contribution in [0.4, 0.5) is 0 Å². The number of hydrogen-bond acceptors (Lipinski definition) is 4. The van der Waals surface area contributed by atoms with Gasteiger partial charge in [0.05, 0.1) is 6.04 Å². The number of likely N-dealkylation sites (N-methyl/N-ethyl adjacent to an activating group) is 1. The molecule has 102 valence electrons. The molecule has 1 amide bonds. The zero-order valence-corrected chi connectivity index (χ0v) is 11.2. The lowest BCUT2D eigenvalue weighted by Crippen LogP contribution is -2.60. The van der Waals surface area contributed by atoms with Gasteiger partial charge < -0.3 is 16.4 Å². The molecule has 0 saturated carbocycles. The third-order valence-electron chi connectivity index (χ3n) is 3.65. The van der Waals surface area contributed by atoms with Crippen LogP contribution in [0.15, 0.2) is 24.3 Å². The summed E-state index contributed by atoms with van der Waals surface area (Å²) in [5, 5.41) is 0. The molecule has 0 radical (unpaired) electrons. The van der Waals surface area contributed by atoms with Crippen LogP contribution in [0.5, 0.6) is 0 Å². The topological polar surface area (TPSA) is 89.4 Å². The first kappa shape index (κ1) is 13.7. The SMILES string of the molecule is C[C@H](N)C(=O)[C@]1(N)C(=O)N(C)CCc2ccccc21. The number of ketones is 1. The van der Waals surface area contributed by atoms with Gasteiger partial charge in [0.15, 0.2) is 11.3 Å². The number of benzene rings is 1. The second-order valence-electron chi connectivity index (χ2n) is 5.09. The van der Waals surface area contributed by atoms with Crippen molar-refractivity contribution in [2.45, 2.75) is 24.9 Å². The van der Waals surface area contributed by atoms with Crippen LogP contribution in [-0.4, -0.2) is 36.2 Å². The number of Topliss-reactive ketones (excluding diaryl/α,β-unsaturated/α-hetero) is 1. The van der Waals surface area contributed by atoms with Gasteiger partial charge in [0, 0.05) is 13.6 Å². The summed E-state index contributed by atoms with van der Waals surface area (Å²) in [6.45, 7) is 2.10. The number of carbonyl (C=O) groups is 2. The van der Waals surface area contributed by atoms with Gasteiger partial charge in [0.25, 0.3) is 5.91 Å². The van der Waals surface area contributed by atoms with Crippen molar-refractivity contribution in [3.05, 3.63) is 35.4 Å². The molecule has 0 spiro atoms. The van der Waals surface area contributed by atoms with Crippen LogP contribution >= 0.6 is 0 Å². The molecule has 1 aromatic carbocycles. The fourth-order valence-corrected chi connectivity index (χ4v) is 2.53. The Balaban J connectivity index is 2.66. The van der Waals surface area contributed by atoms with Crippen molar-refractivity contribution in [2.24, 2.45) is 11.5 Å². The second kappa shape index (κ2) is 4.75. The number of nitrogens with two attached hydrogens (primary N) is 2. The van der Waals surface area contributed by atoms with E-state index >= 15 is 0 Å². The highest BCUT2D eigenvalue weighted by molar-refractivity contribution is 6.13. The molecule has 5 heteroatoms. The van der Waals surface area contributed by atoms with Crippen LogP contribution in [0.1, 0.15) is 18.1 Å². The Kier molecular flexibility index (Phi) is 3.43. The lowest BCUT2D eigenvalue weighted by molar-refractivity contribution is -0.142. The molecule has 2 atom stereocenters. The molecule has 2 rings (SSSR count). The predicted molar refractivity (Wildman–Crippen MR) is 72.3 cm³/mol. The molecule has 1 aromatic rings. The maximum Gasteiger partial charge on any atom is 0.254 e. The molecule has 5 nitrogen and oxygen atoms in total. The Morgan fingerprint density at radius 3 is 2.68 bits per heavy atom. The van der Waals surface area contributed by atoms with Gasteiger partial charge in [-0.1, -0.05) is 24.3 Å². The summed E-state index contributed by atoms with van der Waals surface area (Å²) in [5.41, 5.74) is 11.7. The Hall–Kier alpha value is -1.72. The van der Waals surface area contributed by atoms with Gasteiger partial charge >= 0.3 is 0 Å². The molecular weight excluding hydrogens is 242 g/mol. The number of carbonyl (C=O) groups excluding carboxylic acids is 2. The van der Waals surface area contributed by atoms with Gasteiger partial charge in [0.1, 0.15) is 0 Å². The van der Waals surface area contributed by atoms with Crippen molar-refractivity contribution in [3.8, 4) is 0 Å². The molecule has 0 saturated heterocycles. The number of amides is 1. The molecule has 0 aromatic heterocycles. The van der Waals surface area contributed by atoms with E-state index in [0.29, 0.717) is 18.5 Å². The van der Waals surface area contributed by atoms with E-state index < -0.39 is 17.4 Å². The number of nitrogens with zero attached hydrogens (tertiary/aromatic N) is 1. The summed E-state index contributed by atoms with van der Waals surface area (Å²) in [6.07, 6.45) is 0.684. The van der Waals surface area contributed by atoms with Gasteiger partial charge in [-0.25, -0.2) is 0 Å². The monoisotopic (exact) mass is 261 g/mol. The molecule has 0 unspecified atom stereocenters. The van der Waals surface area contributed by atoms with E-state index in [1.165, 1.54) is 4.90 Å². The maximum atomic E-state index is 12.5. The van der Waals surface area contributed by atoms with Gasteiger partial charge in [-0.05, 0) is 24.5 Å². The van der Waals surface area contributed by atoms with Crippen molar-refractivity contribution < 1.29 is 9.59 Å². The standard InChI is InChI=1S/C14H19N3O2/c1-9(15)12(18)14(16)11-6-4-3-5-10(11)7-8-17(2)13(14)19/h3-6,9H,7-8,15-16H2,1-2H3/t9-,14-/m0/s1. The van der Waals surface area contributed by atoms with E-state index in [2.05, 4.69) is 0 Å². The molecule has 19 heavy (non-hydrogen) atoms. The van der Waals surface area contributed by atoms with Crippen molar-refractivity contribution in [2.75, 3.05) is 13.6 Å². The van der Waals surface area contributed by atoms with E-state index in [4.69, 9.17) is 11.5 Å². The Morgan fingerprint density at radius 2 is 2.05 bits per heavy atom. The zero-order chi connectivity index (χ0) is 14.2. The first-order valence-corrected chi connectivity index (χ1v) is 6.31. The van der Waals surface area contributed by atoms with E-state index in [9.17, 15) is 9.59 Å². The molecule has 0 bridgehead atoms. The summed E-state index contributed by atoms with van der Waals surface area (Å²) >= 11 is 0. The highest BCUT2D eigenvalue weighted by Gasteiger charge is 2.48.